The van der Waals surface area contributed by atoms with E-state index in [0.29, 0.717) is 24.4 Å². The summed E-state index contributed by atoms with van der Waals surface area (Å²) in [5.74, 6) is 1.36. The smallest absolute Gasteiger partial charge is 0.337 e. The van der Waals surface area contributed by atoms with Gasteiger partial charge in [0.1, 0.15) is 24.7 Å². The van der Waals surface area contributed by atoms with E-state index in [1.807, 2.05) is 41.8 Å². The monoisotopic (exact) mass is 423 g/mol. The summed E-state index contributed by atoms with van der Waals surface area (Å²) < 4.78 is 23.4. The first-order chi connectivity index (χ1) is 15.0. The van der Waals surface area contributed by atoms with Gasteiger partial charge in [0.25, 0.3) is 0 Å². The van der Waals surface area contributed by atoms with Crippen LogP contribution in [0.2, 0.25) is 0 Å². The van der Waals surface area contributed by atoms with E-state index in [0.717, 1.165) is 17.1 Å². The highest BCUT2D eigenvalue weighted by Crippen LogP contribution is 2.18. The molecule has 1 aromatic heterocycles. The molecular formula is C24H25NO6. The highest BCUT2D eigenvalue weighted by Gasteiger charge is 2.11. The first-order valence-electron chi connectivity index (χ1n) is 9.78. The van der Waals surface area contributed by atoms with Crippen molar-refractivity contribution >= 4 is 5.97 Å². The molecule has 0 saturated carbocycles. The predicted octanol–water partition coefficient (Wildman–Crippen LogP) is 3.61. The number of nitrogens with zero attached hydrogens (tertiary/aromatic N) is 1. The van der Waals surface area contributed by atoms with Crippen LogP contribution < -0.4 is 19.6 Å². The number of pyridine rings is 1. The van der Waals surface area contributed by atoms with Gasteiger partial charge in [-0.15, -0.1) is 0 Å². The van der Waals surface area contributed by atoms with Crippen molar-refractivity contribution in [3.8, 4) is 17.2 Å². The number of hydrogen-bond donors (Lipinski definition) is 0. The third kappa shape index (κ3) is 5.66. The molecule has 0 atom stereocenters. The van der Waals surface area contributed by atoms with E-state index in [1.54, 1.807) is 31.5 Å². The van der Waals surface area contributed by atoms with Crippen LogP contribution in [-0.4, -0.2) is 31.4 Å². The molecule has 162 valence electrons. The molecule has 2 aromatic carbocycles. The summed E-state index contributed by atoms with van der Waals surface area (Å²) in [5, 5.41) is 0. The summed E-state index contributed by atoms with van der Waals surface area (Å²) in [6, 6.07) is 15.7. The van der Waals surface area contributed by atoms with Crippen LogP contribution >= 0.6 is 0 Å². The van der Waals surface area contributed by atoms with E-state index < -0.39 is 5.97 Å². The molecular weight excluding hydrogens is 398 g/mol. The second-order valence-corrected chi connectivity index (χ2v) is 6.79. The molecule has 31 heavy (non-hydrogen) atoms. The zero-order valence-electron chi connectivity index (χ0n) is 17.8. The zero-order valence-corrected chi connectivity index (χ0v) is 17.8. The summed E-state index contributed by atoms with van der Waals surface area (Å²) >= 11 is 0. The van der Waals surface area contributed by atoms with Crippen LogP contribution in [0.25, 0.3) is 0 Å². The van der Waals surface area contributed by atoms with Gasteiger partial charge in [-0.3, -0.25) is 4.79 Å². The normalized spacial score (nSPS) is 10.4. The minimum absolute atomic E-state index is 0.160. The molecule has 0 unspecified atom stereocenters. The lowest BCUT2D eigenvalue weighted by Crippen LogP contribution is -2.17. The van der Waals surface area contributed by atoms with Crippen LogP contribution in [0.4, 0.5) is 0 Å². The third-order valence-electron chi connectivity index (χ3n) is 4.78. The Bertz CT molecular complexity index is 1090. The van der Waals surface area contributed by atoms with E-state index in [9.17, 15) is 9.59 Å². The van der Waals surface area contributed by atoms with E-state index in [4.69, 9.17) is 18.9 Å². The van der Waals surface area contributed by atoms with E-state index in [-0.39, 0.29) is 17.8 Å². The van der Waals surface area contributed by atoms with Gasteiger partial charge in [-0.25, -0.2) is 4.79 Å². The average molecular weight is 423 g/mol. The average Bonchev–Trinajstić information content (AvgIpc) is 2.80. The quantitative estimate of drug-likeness (QED) is 0.490. The van der Waals surface area contributed by atoms with Crippen molar-refractivity contribution in [3.63, 3.8) is 0 Å². The number of ether oxygens (including phenoxy) is 4. The number of esters is 1. The van der Waals surface area contributed by atoms with Crippen LogP contribution in [0.5, 0.6) is 17.2 Å². The van der Waals surface area contributed by atoms with Crippen molar-refractivity contribution in [2.45, 2.75) is 20.1 Å². The highest BCUT2D eigenvalue weighted by molar-refractivity contribution is 5.89. The number of methoxy groups -OCH3 is 2. The maximum atomic E-state index is 12.3. The maximum Gasteiger partial charge on any atom is 0.337 e. The lowest BCUT2D eigenvalue weighted by atomic mass is 10.1. The molecule has 0 fully saturated rings. The Morgan fingerprint density at radius 3 is 2.42 bits per heavy atom. The first-order valence-corrected chi connectivity index (χ1v) is 9.78. The van der Waals surface area contributed by atoms with E-state index in [1.165, 1.54) is 13.2 Å². The second kappa shape index (κ2) is 10.3. The van der Waals surface area contributed by atoms with Gasteiger partial charge in [-0.05, 0) is 48.9 Å². The molecule has 3 rings (SSSR count). The number of carbonyl (C=O) groups excluding carboxylic acids is 1. The molecule has 3 aromatic rings. The Kier molecular flexibility index (Phi) is 7.32. The Labute approximate surface area is 180 Å². The minimum Gasteiger partial charge on any atom is -0.497 e. The summed E-state index contributed by atoms with van der Waals surface area (Å²) in [7, 11) is 2.95. The fraction of sp³-hybridized carbons (Fsp3) is 0.250. The topological polar surface area (TPSA) is 76.0 Å². The fourth-order valence-electron chi connectivity index (χ4n) is 3.07. The van der Waals surface area contributed by atoms with Gasteiger partial charge in [-0.2, -0.15) is 0 Å². The van der Waals surface area contributed by atoms with Gasteiger partial charge in [0.2, 0.25) is 5.43 Å². The molecule has 0 N–H and O–H groups in total. The predicted molar refractivity (Wildman–Crippen MR) is 116 cm³/mol. The van der Waals surface area contributed by atoms with Crippen LogP contribution in [0.15, 0.2) is 65.6 Å². The van der Waals surface area contributed by atoms with E-state index in [2.05, 4.69) is 0 Å². The SMILES string of the molecule is COC(=O)c1cccc(COc2c(C)n(CCOc3ccc(OC)cc3)ccc2=O)c1. The molecule has 0 spiro atoms. The minimum atomic E-state index is -0.419. The number of hydrogen-bond acceptors (Lipinski definition) is 6. The van der Waals surface area contributed by atoms with Crippen molar-refractivity contribution in [2.75, 3.05) is 20.8 Å². The fourth-order valence-corrected chi connectivity index (χ4v) is 3.07. The van der Waals surface area contributed by atoms with Gasteiger partial charge in [0.15, 0.2) is 5.75 Å². The van der Waals surface area contributed by atoms with Crippen LogP contribution in [0.1, 0.15) is 21.6 Å². The van der Waals surface area contributed by atoms with Crippen LogP contribution in [0, 0.1) is 6.92 Å². The molecule has 0 saturated heterocycles. The Morgan fingerprint density at radius 1 is 0.968 bits per heavy atom. The molecule has 0 bridgehead atoms. The Morgan fingerprint density at radius 2 is 1.71 bits per heavy atom. The lowest BCUT2D eigenvalue weighted by Gasteiger charge is -2.15. The largest absolute Gasteiger partial charge is 0.497 e. The standard InChI is InChI=1S/C24H25NO6/c1-17-23(31-16-18-5-4-6-19(15-18)24(27)29-3)22(26)11-12-25(17)13-14-30-21-9-7-20(28-2)8-10-21/h4-12,15H,13-14,16H2,1-3H3. The van der Waals surface area contributed by atoms with Crippen LogP contribution in [0.3, 0.4) is 0 Å². The summed E-state index contributed by atoms with van der Waals surface area (Å²) in [4.78, 5) is 24.0. The van der Waals surface area contributed by atoms with Gasteiger partial charge in [-0.1, -0.05) is 12.1 Å². The van der Waals surface area contributed by atoms with Crippen molar-refractivity contribution < 1.29 is 23.7 Å². The van der Waals surface area contributed by atoms with Crippen molar-refractivity contribution in [2.24, 2.45) is 0 Å². The molecule has 0 aliphatic rings. The molecule has 1 heterocycles. The summed E-state index contributed by atoms with van der Waals surface area (Å²) in [5.41, 5.74) is 1.70. The van der Waals surface area contributed by atoms with E-state index >= 15 is 0 Å². The Hall–Kier alpha value is -3.74. The van der Waals surface area contributed by atoms with Gasteiger partial charge in [0.05, 0.1) is 32.0 Å². The first kappa shape index (κ1) is 22.0. The molecule has 0 radical (unpaired) electrons. The lowest BCUT2D eigenvalue weighted by molar-refractivity contribution is 0.0600. The van der Waals surface area contributed by atoms with Gasteiger partial charge >= 0.3 is 5.97 Å². The van der Waals surface area contributed by atoms with Gasteiger partial charge in [0, 0.05) is 12.3 Å². The number of carbonyl (C=O) groups is 1. The summed E-state index contributed by atoms with van der Waals surface area (Å²) in [6.45, 7) is 2.96. The molecule has 0 amide bonds. The zero-order chi connectivity index (χ0) is 22.2. The van der Waals surface area contributed by atoms with Gasteiger partial charge < -0.3 is 23.5 Å². The maximum absolute atomic E-state index is 12.3. The molecule has 7 heteroatoms. The molecule has 7 nitrogen and oxygen atoms in total. The van der Waals surface area contributed by atoms with Crippen molar-refractivity contribution in [1.82, 2.24) is 4.57 Å². The molecule has 0 aliphatic heterocycles. The van der Waals surface area contributed by atoms with Crippen molar-refractivity contribution in [3.05, 3.63) is 87.8 Å². The third-order valence-corrected chi connectivity index (χ3v) is 4.78. The van der Waals surface area contributed by atoms with Crippen molar-refractivity contribution in [1.29, 1.82) is 0 Å². The Balaban J connectivity index is 1.64. The highest BCUT2D eigenvalue weighted by atomic mass is 16.5. The summed E-state index contributed by atoms with van der Waals surface area (Å²) in [6.07, 6.45) is 1.72. The number of benzene rings is 2. The number of aromatic nitrogens is 1. The number of rotatable bonds is 9. The molecule has 0 aliphatic carbocycles. The second-order valence-electron chi connectivity index (χ2n) is 6.79. The van der Waals surface area contributed by atoms with Crippen LogP contribution in [-0.2, 0) is 17.9 Å².